The van der Waals surface area contributed by atoms with Crippen LogP contribution >= 0.6 is 0 Å². The van der Waals surface area contributed by atoms with Gasteiger partial charge in [-0.05, 0) is 36.8 Å². The number of nitrogens with zero attached hydrogens (tertiary/aromatic N) is 1. The highest BCUT2D eigenvalue weighted by atomic mass is 16.1. The lowest BCUT2D eigenvalue weighted by Gasteiger charge is -2.08. The van der Waals surface area contributed by atoms with E-state index < -0.39 is 0 Å². The Morgan fingerprint density at radius 3 is 2.45 bits per heavy atom. The summed E-state index contributed by atoms with van der Waals surface area (Å²) >= 11 is 0. The van der Waals surface area contributed by atoms with Gasteiger partial charge in [0.15, 0.2) is 5.78 Å². The Balaban J connectivity index is 2.21. The van der Waals surface area contributed by atoms with E-state index in [9.17, 15) is 4.79 Å². The molecule has 20 heavy (non-hydrogen) atoms. The van der Waals surface area contributed by atoms with Crippen LogP contribution in [0.15, 0.2) is 54.6 Å². The second-order valence-corrected chi connectivity index (χ2v) is 4.91. The van der Waals surface area contributed by atoms with Gasteiger partial charge in [0, 0.05) is 16.8 Å². The summed E-state index contributed by atoms with van der Waals surface area (Å²) in [6, 6.07) is 18.2. The van der Waals surface area contributed by atoms with E-state index in [1.165, 1.54) is 10.8 Å². The normalized spacial score (nSPS) is 10.7. The Hall–Kier alpha value is -2.48. The highest BCUT2D eigenvalue weighted by Crippen LogP contribution is 2.27. The molecule has 1 aromatic heterocycles. The minimum Gasteiger partial charge on any atom is -0.294 e. The monoisotopic (exact) mass is 261 g/mol. The molecule has 0 atom stereocenters. The number of Topliss-reactive ketones (excluding diaryl/α,β-unsaturated/α-hetero) is 1. The maximum Gasteiger partial charge on any atom is 0.161 e. The van der Waals surface area contributed by atoms with Gasteiger partial charge in [-0.1, -0.05) is 42.5 Å². The third kappa shape index (κ3) is 2.10. The van der Waals surface area contributed by atoms with Crippen molar-refractivity contribution in [2.45, 2.75) is 13.8 Å². The molecule has 0 N–H and O–H groups in total. The summed E-state index contributed by atoms with van der Waals surface area (Å²) in [4.78, 5) is 16.1. The largest absolute Gasteiger partial charge is 0.294 e. The van der Waals surface area contributed by atoms with Crippen molar-refractivity contribution in [1.82, 2.24) is 4.98 Å². The molecule has 0 aliphatic rings. The van der Waals surface area contributed by atoms with Crippen LogP contribution in [-0.4, -0.2) is 10.8 Å². The molecule has 98 valence electrons. The van der Waals surface area contributed by atoms with E-state index in [0.29, 0.717) is 5.56 Å². The highest BCUT2D eigenvalue weighted by Gasteiger charge is 2.09. The Morgan fingerprint density at radius 1 is 0.950 bits per heavy atom. The molecule has 2 nitrogen and oxygen atoms in total. The SMILES string of the molecule is CC(=O)c1ccc(-c2cccc3ccccc23)nc1C. The average Bonchev–Trinajstić information content (AvgIpc) is 2.46. The lowest BCUT2D eigenvalue weighted by Crippen LogP contribution is -1.99. The van der Waals surface area contributed by atoms with Crippen molar-refractivity contribution < 1.29 is 4.79 Å². The predicted molar refractivity (Wildman–Crippen MR) is 81.9 cm³/mol. The second-order valence-electron chi connectivity index (χ2n) is 4.91. The van der Waals surface area contributed by atoms with Gasteiger partial charge in [0.25, 0.3) is 0 Å². The number of aryl methyl sites for hydroxylation is 1. The Morgan fingerprint density at radius 2 is 1.70 bits per heavy atom. The van der Waals surface area contributed by atoms with E-state index in [1.54, 1.807) is 6.92 Å². The summed E-state index contributed by atoms with van der Waals surface area (Å²) in [5.41, 5.74) is 3.47. The minimum absolute atomic E-state index is 0.0551. The highest BCUT2D eigenvalue weighted by molar-refractivity contribution is 5.97. The van der Waals surface area contributed by atoms with Gasteiger partial charge < -0.3 is 0 Å². The van der Waals surface area contributed by atoms with Crippen molar-refractivity contribution in [2.75, 3.05) is 0 Å². The number of ketones is 1. The van der Waals surface area contributed by atoms with E-state index in [4.69, 9.17) is 0 Å². The van der Waals surface area contributed by atoms with E-state index in [-0.39, 0.29) is 5.78 Å². The average molecular weight is 261 g/mol. The zero-order chi connectivity index (χ0) is 14.1. The number of hydrogen-bond acceptors (Lipinski definition) is 2. The van der Waals surface area contributed by atoms with Crippen LogP contribution in [0.5, 0.6) is 0 Å². The molecule has 0 spiro atoms. The van der Waals surface area contributed by atoms with Crippen LogP contribution in [0.4, 0.5) is 0 Å². The number of carbonyl (C=O) groups excluding carboxylic acids is 1. The van der Waals surface area contributed by atoms with Gasteiger partial charge in [-0.3, -0.25) is 9.78 Å². The van der Waals surface area contributed by atoms with Crippen LogP contribution in [0.1, 0.15) is 23.0 Å². The Labute approximate surface area is 118 Å². The van der Waals surface area contributed by atoms with Crippen LogP contribution in [0.2, 0.25) is 0 Å². The molecule has 1 heterocycles. The number of rotatable bonds is 2. The fraction of sp³-hybridized carbons (Fsp3) is 0.111. The maximum atomic E-state index is 11.5. The van der Waals surface area contributed by atoms with Gasteiger partial charge in [0.1, 0.15) is 0 Å². The van der Waals surface area contributed by atoms with Gasteiger partial charge in [-0.15, -0.1) is 0 Å². The van der Waals surface area contributed by atoms with Crippen molar-refractivity contribution in [3.8, 4) is 11.3 Å². The molecular weight excluding hydrogens is 246 g/mol. The number of fused-ring (bicyclic) bond motifs is 1. The number of carbonyl (C=O) groups is 1. The molecule has 0 bridgehead atoms. The van der Waals surface area contributed by atoms with E-state index in [2.05, 4.69) is 29.2 Å². The van der Waals surface area contributed by atoms with Crippen LogP contribution in [0.25, 0.3) is 22.0 Å². The lowest BCUT2D eigenvalue weighted by atomic mass is 10.0. The fourth-order valence-corrected chi connectivity index (χ4v) is 2.53. The topological polar surface area (TPSA) is 30.0 Å². The van der Waals surface area contributed by atoms with Crippen molar-refractivity contribution in [3.63, 3.8) is 0 Å². The van der Waals surface area contributed by atoms with Crippen LogP contribution < -0.4 is 0 Å². The third-order valence-electron chi connectivity index (χ3n) is 3.53. The number of aromatic nitrogens is 1. The first-order valence-electron chi connectivity index (χ1n) is 6.63. The molecular formula is C18H15NO. The van der Waals surface area contributed by atoms with Gasteiger partial charge >= 0.3 is 0 Å². The maximum absolute atomic E-state index is 11.5. The van der Waals surface area contributed by atoms with Crippen molar-refractivity contribution in [1.29, 1.82) is 0 Å². The fourth-order valence-electron chi connectivity index (χ4n) is 2.53. The molecule has 3 rings (SSSR count). The summed E-state index contributed by atoms with van der Waals surface area (Å²) in [6.45, 7) is 3.45. The zero-order valence-electron chi connectivity index (χ0n) is 11.6. The standard InChI is InChI=1S/C18H15NO/c1-12-15(13(2)20)10-11-18(19-12)17-9-5-7-14-6-3-4-8-16(14)17/h3-11H,1-2H3. The second kappa shape index (κ2) is 4.89. The van der Waals surface area contributed by atoms with Gasteiger partial charge in [-0.25, -0.2) is 0 Å². The van der Waals surface area contributed by atoms with Gasteiger partial charge in [-0.2, -0.15) is 0 Å². The van der Waals surface area contributed by atoms with Gasteiger partial charge in [0.2, 0.25) is 0 Å². The molecule has 2 aromatic carbocycles. The molecule has 0 radical (unpaired) electrons. The first kappa shape index (κ1) is 12.5. The summed E-state index contributed by atoms with van der Waals surface area (Å²) in [6.07, 6.45) is 0. The molecule has 0 fully saturated rings. The zero-order valence-corrected chi connectivity index (χ0v) is 11.6. The molecule has 2 heteroatoms. The number of hydrogen-bond donors (Lipinski definition) is 0. The van der Waals surface area contributed by atoms with Gasteiger partial charge in [0.05, 0.1) is 5.69 Å². The van der Waals surface area contributed by atoms with Crippen LogP contribution in [0, 0.1) is 6.92 Å². The smallest absolute Gasteiger partial charge is 0.161 e. The van der Waals surface area contributed by atoms with E-state index >= 15 is 0 Å². The molecule has 0 amide bonds. The third-order valence-corrected chi connectivity index (χ3v) is 3.53. The minimum atomic E-state index is 0.0551. The van der Waals surface area contributed by atoms with Crippen molar-refractivity contribution >= 4 is 16.6 Å². The molecule has 0 saturated heterocycles. The Bertz CT molecular complexity index is 800. The van der Waals surface area contributed by atoms with E-state index in [0.717, 1.165) is 17.0 Å². The number of benzene rings is 2. The quantitative estimate of drug-likeness (QED) is 0.639. The predicted octanol–water partition coefficient (Wildman–Crippen LogP) is 4.41. The van der Waals surface area contributed by atoms with E-state index in [1.807, 2.05) is 37.3 Å². The summed E-state index contributed by atoms with van der Waals surface area (Å²) in [5.74, 6) is 0.0551. The molecule has 0 aliphatic carbocycles. The van der Waals surface area contributed by atoms with Crippen LogP contribution in [0.3, 0.4) is 0 Å². The first-order valence-corrected chi connectivity index (χ1v) is 6.63. The summed E-state index contributed by atoms with van der Waals surface area (Å²) in [7, 11) is 0. The molecule has 3 aromatic rings. The Kier molecular flexibility index (Phi) is 3.07. The first-order chi connectivity index (χ1) is 9.66. The molecule has 0 unspecified atom stereocenters. The van der Waals surface area contributed by atoms with Crippen molar-refractivity contribution in [2.24, 2.45) is 0 Å². The number of pyridine rings is 1. The van der Waals surface area contributed by atoms with Crippen LogP contribution in [-0.2, 0) is 0 Å². The summed E-state index contributed by atoms with van der Waals surface area (Å²) in [5, 5.41) is 2.37. The van der Waals surface area contributed by atoms with Crippen molar-refractivity contribution in [3.05, 3.63) is 65.9 Å². The summed E-state index contributed by atoms with van der Waals surface area (Å²) < 4.78 is 0. The molecule has 0 saturated carbocycles. The lowest BCUT2D eigenvalue weighted by molar-refractivity contribution is 0.101. The molecule has 0 aliphatic heterocycles.